The van der Waals surface area contributed by atoms with Crippen LogP contribution in [0, 0.1) is 6.92 Å². The van der Waals surface area contributed by atoms with Crippen LogP contribution >= 0.6 is 0 Å². The molecular formula is C28H35N3O5. The third kappa shape index (κ3) is 6.51. The second-order valence-corrected chi connectivity index (χ2v) is 9.81. The predicted molar refractivity (Wildman–Crippen MR) is 139 cm³/mol. The first-order valence-electron chi connectivity index (χ1n) is 12.4. The summed E-state index contributed by atoms with van der Waals surface area (Å²) in [6, 6.07) is 14.8. The molecule has 1 amide bonds. The lowest BCUT2D eigenvalue weighted by molar-refractivity contribution is -0.136. The Balaban J connectivity index is 1.34. The Morgan fingerprint density at radius 3 is 2.53 bits per heavy atom. The van der Waals surface area contributed by atoms with Crippen molar-refractivity contribution in [1.82, 2.24) is 9.80 Å². The molecule has 36 heavy (non-hydrogen) atoms. The second kappa shape index (κ2) is 11.2. The van der Waals surface area contributed by atoms with Crippen LogP contribution in [0.1, 0.15) is 23.1 Å². The number of aliphatic hydroxyl groups is 1. The number of aryl methyl sites for hydroxylation is 2. The van der Waals surface area contributed by atoms with Crippen molar-refractivity contribution in [3.8, 4) is 5.75 Å². The number of amides is 1. The highest BCUT2D eigenvalue weighted by atomic mass is 16.5. The molecule has 1 aliphatic rings. The molecule has 3 aromatic rings. The summed E-state index contributed by atoms with van der Waals surface area (Å²) in [5.74, 6) is -0.0859. The number of primary amides is 1. The van der Waals surface area contributed by atoms with E-state index in [4.69, 9.17) is 14.9 Å². The van der Waals surface area contributed by atoms with Crippen molar-refractivity contribution in [2.75, 3.05) is 46.4 Å². The fourth-order valence-electron chi connectivity index (χ4n) is 4.49. The summed E-state index contributed by atoms with van der Waals surface area (Å²) in [7, 11) is 2.14. The first-order chi connectivity index (χ1) is 17.2. The molecule has 0 aliphatic carbocycles. The zero-order valence-corrected chi connectivity index (χ0v) is 21.0. The van der Waals surface area contributed by atoms with Gasteiger partial charge in [-0.05, 0) is 62.7 Å². The average Bonchev–Trinajstić information content (AvgIpc) is 2.85. The van der Waals surface area contributed by atoms with Crippen LogP contribution in [-0.2, 0) is 17.6 Å². The molecule has 2 aromatic carbocycles. The van der Waals surface area contributed by atoms with Gasteiger partial charge in [-0.1, -0.05) is 23.8 Å². The number of ether oxygens (including phenoxy) is 1. The molecule has 1 aromatic heterocycles. The summed E-state index contributed by atoms with van der Waals surface area (Å²) in [4.78, 5) is 29.4. The molecule has 2 heterocycles. The molecule has 0 saturated carbocycles. The number of likely N-dealkylation sites (N-methyl/N-ethyl adjacent to an activating group) is 1. The molecule has 192 valence electrons. The van der Waals surface area contributed by atoms with E-state index in [1.807, 2.05) is 43.3 Å². The van der Waals surface area contributed by atoms with Crippen LogP contribution in [0.15, 0.2) is 57.7 Å². The van der Waals surface area contributed by atoms with Crippen LogP contribution in [0.4, 0.5) is 0 Å². The molecule has 8 nitrogen and oxygen atoms in total. The van der Waals surface area contributed by atoms with Crippen LogP contribution in [0.3, 0.4) is 0 Å². The molecule has 1 unspecified atom stereocenters. The van der Waals surface area contributed by atoms with Crippen molar-refractivity contribution < 1.29 is 19.1 Å². The predicted octanol–water partition coefficient (Wildman–Crippen LogP) is 2.12. The zero-order chi connectivity index (χ0) is 25.7. The van der Waals surface area contributed by atoms with Gasteiger partial charge in [-0.15, -0.1) is 0 Å². The fourth-order valence-corrected chi connectivity index (χ4v) is 4.49. The second-order valence-electron chi connectivity index (χ2n) is 9.81. The van der Waals surface area contributed by atoms with Crippen molar-refractivity contribution in [3.05, 3.63) is 75.6 Å². The SMILES string of the molecule is Cc1ccc2oc(=O)c(CC(O)(CCc3ccc(OCCN4CCN(C)CC4)cc3)C(N)=O)cc2c1. The highest BCUT2D eigenvalue weighted by Gasteiger charge is 2.35. The quantitative estimate of drug-likeness (QED) is 0.417. The Labute approximate surface area is 211 Å². The summed E-state index contributed by atoms with van der Waals surface area (Å²) in [6.45, 7) is 7.73. The number of carbonyl (C=O) groups excluding carboxylic acids is 1. The molecule has 0 spiro atoms. The van der Waals surface area contributed by atoms with E-state index >= 15 is 0 Å². The van der Waals surface area contributed by atoms with E-state index in [1.54, 1.807) is 12.1 Å². The highest BCUT2D eigenvalue weighted by molar-refractivity contribution is 5.84. The number of fused-ring (bicyclic) bond motifs is 1. The van der Waals surface area contributed by atoms with Gasteiger partial charge in [0, 0.05) is 50.1 Å². The first-order valence-corrected chi connectivity index (χ1v) is 12.4. The van der Waals surface area contributed by atoms with E-state index in [-0.39, 0.29) is 18.4 Å². The number of hydrogen-bond acceptors (Lipinski definition) is 7. The number of nitrogens with zero attached hydrogens (tertiary/aromatic N) is 2. The summed E-state index contributed by atoms with van der Waals surface area (Å²) in [6.07, 6.45) is 0.290. The topological polar surface area (TPSA) is 109 Å². The molecule has 1 aliphatic heterocycles. The van der Waals surface area contributed by atoms with Crippen LogP contribution in [0.5, 0.6) is 5.75 Å². The van der Waals surface area contributed by atoms with Crippen molar-refractivity contribution in [2.24, 2.45) is 5.73 Å². The van der Waals surface area contributed by atoms with Gasteiger partial charge in [-0.25, -0.2) is 4.79 Å². The van der Waals surface area contributed by atoms with E-state index in [0.29, 0.717) is 18.6 Å². The van der Waals surface area contributed by atoms with Gasteiger partial charge >= 0.3 is 5.63 Å². The minimum atomic E-state index is -1.87. The molecule has 3 N–H and O–H groups in total. The third-order valence-corrected chi connectivity index (χ3v) is 6.92. The normalized spacial score (nSPS) is 16.6. The molecule has 1 atom stereocenters. The van der Waals surface area contributed by atoms with Crippen molar-refractivity contribution in [1.29, 1.82) is 0 Å². The summed E-state index contributed by atoms with van der Waals surface area (Å²) in [5.41, 5.74) is 5.75. The number of rotatable bonds is 10. The van der Waals surface area contributed by atoms with Crippen LogP contribution in [0.2, 0.25) is 0 Å². The van der Waals surface area contributed by atoms with E-state index in [2.05, 4.69) is 16.8 Å². The van der Waals surface area contributed by atoms with Gasteiger partial charge in [-0.3, -0.25) is 9.69 Å². The molecule has 1 saturated heterocycles. The van der Waals surface area contributed by atoms with E-state index < -0.39 is 17.1 Å². The Morgan fingerprint density at radius 2 is 1.83 bits per heavy atom. The molecule has 0 bridgehead atoms. The lowest BCUT2D eigenvalue weighted by atomic mass is 9.88. The lowest BCUT2D eigenvalue weighted by Gasteiger charge is -2.32. The van der Waals surface area contributed by atoms with Crippen LogP contribution in [0.25, 0.3) is 11.0 Å². The monoisotopic (exact) mass is 493 g/mol. The maximum absolute atomic E-state index is 12.5. The van der Waals surface area contributed by atoms with Gasteiger partial charge in [0.2, 0.25) is 5.91 Å². The van der Waals surface area contributed by atoms with Gasteiger partial charge in [0.25, 0.3) is 0 Å². The minimum Gasteiger partial charge on any atom is -0.492 e. The zero-order valence-electron chi connectivity index (χ0n) is 21.0. The van der Waals surface area contributed by atoms with Crippen LogP contribution < -0.4 is 16.1 Å². The summed E-state index contributed by atoms with van der Waals surface area (Å²) >= 11 is 0. The minimum absolute atomic E-state index is 0.0806. The molecule has 4 rings (SSSR count). The Kier molecular flexibility index (Phi) is 8.08. The first kappa shape index (κ1) is 25.9. The molecule has 1 fully saturated rings. The molecule has 0 radical (unpaired) electrons. The van der Waals surface area contributed by atoms with Gasteiger partial charge in [0.15, 0.2) is 0 Å². The smallest absolute Gasteiger partial charge is 0.339 e. The number of hydrogen-bond donors (Lipinski definition) is 2. The van der Waals surface area contributed by atoms with E-state index in [1.165, 1.54) is 0 Å². The number of carbonyl (C=O) groups is 1. The summed E-state index contributed by atoms with van der Waals surface area (Å²) in [5, 5.41) is 11.8. The maximum atomic E-state index is 12.5. The number of piperazine rings is 1. The van der Waals surface area contributed by atoms with Gasteiger partial charge in [0.1, 0.15) is 23.5 Å². The van der Waals surface area contributed by atoms with Crippen molar-refractivity contribution in [2.45, 2.75) is 31.8 Å². The van der Waals surface area contributed by atoms with Crippen LogP contribution in [-0.4, -0.2) is 72.8 Å². The Morgan fingerprint density at radius 1 is 1.11 bits per heavy atom. The van der Waals surface area contributed by atoms with Gasteiger partial charge < -0.3 is 24.9 Å². The largest absolute Gasteiger partial charge is 0.492 e. The van der Waals surface area contributed by atoms with Crippen molar-refractivity contribution in [3.63, 3.8) is 0 Å². The average molecular weight is 494 g/mol. The van der Waals surface area contributed by atoms with E-state index in [9.17, 15) is 14.7 Å². The standard InChI is InChI=1S/C28H35N3O5/c1-20-3-8-25-22(17-20)18-23(26(32)36-25)19-28(34,27(29)33)10-9-21-4-6-24(7-5-21)35-16-15-31-13-11-30(2)12-14-31/h3-8,17-18,34H,9-16,19H2,1-2H3,(H2,29,33). The Bertz CT molecular complexity index is 1250. The molecule has 8 heteroatoms. The van der Waals surface area contributed by atoms with E-state index in [0.717, 1.165) is 55.0 Å². The lowest BCUT2D eigenvalue weighted by Crippen LogP contribution is -2.47. The third-order valence-electron chi connectivity index (χ3n) is 6.92. The maximum Gasteiger partial charge on any atom is 0.339 e. The van der Waals surface area contributed by atoms with Gasteiger partial charge in [0.05, 0.1) is 0 Å². The fraction of sp³-hybridized carbons (Fsp3) is 0.429. The Hall–Kier alpha value is -3.20. The highest BCUT2D eigenvalue weighted by Crippen LogP contribution is 2.23. The molecular weight excluding hydrogens is 458 g/mol. The number of nitrogens with two attached hydrogens (primary N) is 1. The summed E-state index contributed by atoms with van der Waals surface area (Å²) < 4.78 is 11.3. The number of benzene rings is 2. The van der Waals surface area contributed by atoms with Crippen molar-refractivity contribution >= 4 is 16.9 Å². The van der Waals surface area contributed by atoms with Gasteiger partial charge in [-0.2, -0.15) is 0 Å².